The Morgan fingerprint density at radius 2 is 1.90 bits per heavy atom. The van der Waals surface area contributed by atoms with Crippen molar-refractivity contribution in [2.45, 2.75) is 0 Å². The van der Waals surface area contributed by atoms with Crippen molar-refractivity contribution in [2.75, 3.05) is 0 Å². The highest BCUT2D eigenvalue weighted by molar-refractivity contribution is 9.10. The lowest BCUT2D eigenvalue weighted by molar-refractivity contribution is 0.0693. The molecule has 21 heavy (non-hydrogen) atoms. The molecular formula is C16H10BrNO3. The fourth-order valence-electron chi connectivity index (χ4n) is 1.97. The summed E-state index contributed by atoms with van der Waals surface area (Å²) in [5.41, 5.74) is 0.723. The standard InChI is InChI=1S/C16H10BrNO3/c17-11-5-3-6-12(9-11)21-15-13(16(19)20)8-10-4-1-2-7-14(10)18-15/h1-9H,(H,19,20). The van der Waals surface area contributed by atoms with Crippen molar-refractivity contribution < 1.29 is 14.6 Å². The van der Waals surface area contributed by atoms with Crippen molar-refractivity contribution in [3.05, 3.63) is 64.6 Å². The van der Waals surface area contributed by atoms with Crippen molar-refractivity contribution in [3.63, 3.8) is 0 Å². The molecule has 3 aromatic rings. The average molecular weight is 344 g/mol. The summed E-state index contributed by atoms with van der Waals surface area (Å²) in [5, 5.41) is 10.1. The lowest BCUT2D eigenvalue weighted by atomic mass is 10.1. The molecule has 0 aliphatic heterocycles. The van der Waals surface area contributed by atoms with Gasteiger partial charge in [0.2, 0.25) is 5.88 Å². The van der Waals surface area contributed by atoms with E-state index in [9.17, 15) is 9.90 Å². The molecule has 0 amide bonds. The van der Waals surface area contributed by atoms with Gasteiger partial charge in [-0.15, -0.1) is 0 Å². The lowest BCUT2D eigenvalue weighted by Crippen LogP contribution is -2.02. The number of benzene rings is 2. The number of nitrogens with zero attached hydrogens (tertiary/aromatic N) is 1. The van der Waals surface area contributed by atoms with Crippen LogP contribution in [0.2, 0.25) is 0 Å². The Morgan fingerprint density at radius 3 is 2.67 bits per heavy atom. The van der Waals surface area contributed by atoms with E-state index in [1.807, 2.05) is 30.3 Å². The van der Waals surface area contributed by atoms with Crippen LogP contribution in [0, 0.1) is 0 Å². The Kier molecular flexibility index (Phi) is 3.58. The summed E-state index contributed by atoms with van der Waals surface area (Å²) in [6, 6.07) is 16.0. The van der Waals surface area contributed by atoms with E-state index in [-0.39, 0.29) is 11.4 Å². The van der Waals surface area contributed by atoms with Crippen LogP contribution in [0.25, 0.3) is 10.9 Å². The topological polar surface area (TPSA) is 59.4 Å². The largest absolute Gasteiger partial charge is 0.477 e. The zero-order valence-corrected chi connectivity index (χ0v) is 12.4. The molecule has 3 rings (SSSR count). The third kappa shape index (κ3) is 2.87. The predicted molar refractivity (Wildman–Crippen MR) is 82.9 cm³/mol. The van der Waals surface area contributed by atoms with Gasteiger partial charge in [-0.2, -0.15) is 0 Å². The van der Waals surface area contributed by atoms with E-state index in [0.29, 0.717) is 11.3 Å². The first-order valence-corrected chi connectivity index (χ1v) is 6.99. The molecular weight excluding hydrogens is 334 g/mol. The number of para-hydroxylation sites is 1. The number of carbonyl (C=O) groups is 1. The molecule has 0 unspecified atom stereocenters. The van der Waals surface area contributed by atoms with Crippen molar-refractivity contribution >= 4 is 32.8 Å². The van der Waals surface area contributed by atoms with Gasteiger partial charge in [0.1, 0.15) is 11.3 Å². The highest BCUT2D eigenvalue weighted by atomic mass is 79.9. The molecule has 1 N–H and O–H groups in total. The molecule has 0 fully saturated rings. The molecule has 0 saturated carbocycles. The molecule has 0 radical (unpaired) electrons. The molecule has 0 saturated heterocycles. The number of hydrogen-bond donors (Lipinski definition) is 1. The van der Waals surface area contributed by atoms with E-state index in [0.717, 1.165) is 9.86 Å². The smallest absolute Gasteiger partial charge is 0.341 e. The van der Waals surface area contributed by atoms with E-state index >= 15 is 0 Å². The van der Waals surface area contributed by atoms with Gasteiger partial charge >= 0.3 is 5.97 Å². The van der Waals surface area contributed by atoms with Gasteiger partial charge in [0.15, 0.2) is 0 Å². The van der Waals surface area contributed by atoms with Gasteiger partial charge in [0.05, 0.1) is 5.52 Å². The van der Waals surface area contributed by atoms with Crippen molar-refractivity contribution in [3.8, 4) is 11.6 Å². The Labute approximate surface area is 129 Å². The second-order valence-corrected chi connectivity index (χ2v) is 5.31. The number of halogens is 1. The number of hydrogen-bond acceptors (Lipinski definition) is 3. The zero-order chi connectivity index (χ0) is 14.8. The second kappa shape index (κ2) is 5.54. The van der Waals surface area contributed by atoms with E-state index in [4.69, 9.17) is 4.74 Å². The third-order valence-corrected chi connectivity index (χ3v) is 3.42. The Hall–Kier alpha value is -2.40. The summed E-state index contributed by atoms with van der Waals surface area (Å²) in [6.07, 6.45) is 0. The Balaban J connectivity index is 2.11. The number of ether oxygens (including phenoxy) is 1. The van der Waals surface area contributed by atoms with Gasteiger partial charge in [-0.3, -0.25) is 0 Å². The minimum Gasteiger partial charge on any atom is -0.477 e. The predicted octanol–water partition coefficient (Wildman–Crippen LogP) is 4.49. The van der Waals surface area contributed by atoms with E-state index in [1.165, 1.54) is 0 Å². The van der Waals surface area contributed by atoms with Crippen LogP contribution in [-0.4, -0.2) is 16.1 Å². The molecule has 104 valence electrons. The minimum absolute atomic E-state index is 0.0358. The number of rotatable bonds is 3. The molecule has 0 aliphatic rings. The highest BCUT2D eigenvalue weighted by Crippen LogP contribution is 2.28. The maximum Gasteiger partial charge on any atom is 0.341 e. The first-order valence-electron chi connectivity index (χ1n) is 6.20. The van der Waals surface area contributed by atoms with Gasteiger partial charge in [-0.05, 0) is 30.3 Å². The Morgan fingerprint density at radius 1 is 1.10 bits per heavy atom. The van der Waals surface area contributed by atoms with Crippen LogP contribution < -0.4 is 4.74 Å². The molecule has 4 nitrogen and oxygen atoms in total. The van der Waals surface area contributed by atoms with Crippen LogP contribution in [0.1, 0.15) is 10.4 Å². The lowest BCUT2D eigenvalue weighted by Gasteiger charge is -2.09. The van der Waals surface area contributed by atoms with Gasteiger partial charge < -0.3 is 9.84 Å². The van der Waals surface area contributed by atoms with E-state index < -0.39 is 5.97 Å². The quantitative estimate of drug-likeness (QED) is 0.761. The normalized spacial score (nSPS) is 10.5. The molecule has 0 spiro atoms. The SMILES string of the molecule is O=C(O)c1cc2ccccc2nc1Oc1cccc(Br)c1. The summed E-state index contributed by atoms with van der Waals surface area (Å²) in [5.74, 6) is -0.466. The molecule has 1 heterocycles. The minimum atomic E-state index is -1.07. The third-order valence-electron chi connectivity index (χ3n) is 2.93. The fraction of sp³-hybridized carbons (Fsp3) is 0. The van der Waals surface area contributed by atoms with Crippen LogP contribution in [0.3, 0.4) is 0 Å². The number of carboxylic acid groups (broad SMARTS) is 1. The van der Waals surface area contributed by atoms with Crippen LogP contribution in [-0.2, 0) is 0 Å². The number of pyridine rings is 1. The molecule has 0 atom stereocenters. The fourth-order valence-corrected chi connectivity index (χ4v) is 2.35. The van der Waals surface area contributed by atoms with Gasteiger partial charge in [0.25, 0.3) is 0 Å². The van der Waals surface area contributed by atoms with Crippen molar-refractivity contribution in [1.29, 1.82) is 0 Å². The van der Waals surface area contributed by atoms with Crippen molar-refractivity contribution in [2.24, 2.45) is 0 Å². The van der Waals surface area contributed by atoms with Crippen LogP contribution in [0.5, 0.6) is 11.6 Å². The monoisotopic (exact) mass is 343 g/mol. The first kappa shape index (κ1) is 13.6. The summed E-state index contributed by atoms with van der Waals surface area (Å²) in [7, 11) is 0. The number of aromatic carboxylic acids is 1. The van der Waals surface area contributed by atoms with E-state index in [2.05, 4.69) is 20.9 Å². The number of carboxylic acids is 1. The van der Waals surface area contributed by atoms with Crippen LogP contribution >= 0.6 is 15.9 Å². The maximum absolute atomic E-state index is 11.4. The first-order chi connectivity index (χ1) is 10.1. The molecule has 5 heteroatoms. The summed E-state index contributed by atoms with van der Waals surface area (Å²) in [6.45, 7) is 0. The summed E-state index contributed by atoms with van der Waals surface area (Å²) in [4.78, 5) is 15.7. The molecule has 0 aliphatic carbocycles. The van der Waals surface area contributed by atoms with Crippen molar-refractivity contribution in [1.82, 2.24) is 4.98 Å². The number of aromatic nitrogens is 1. The zero-order valence-electron chi connectivity index (χ0n) is 10.8. The average Bonchev–Trinajstić information content (AvgIpc) is 2.46. The van der Waals surface area contributed by atoms with E-state index in [1.54, 1.807) is 24.3 Å². The summed E-state index contributed by atoms with van der Waals surface area (Å²) < 4.78 is 6.48. The molecule has 1 aromatic heterocycles. The maximum atomic E-state index is 11.4. The van der Waals surface area contributed by atoms with Crippen LogP contribution in [0.15, 0.2) is 59.1 Å². The molecule has 0 bridgehead atoms. The summed E-state index contributed by atoms with van der Waals surface area (Å²) >= 11 is 3.35. The second-order valence-electron chi connectivity index (χ2n) is 4.40. The molecule has 2 aromatic carbocycles. The number of fused-ring (bicyclic) bond motifs is 1. The van der Waals surface area contributed by atoms with Crippen LogP contribution in [0.4, 0.5) is 0 Å². The Bertz CT molecular complexity index is 833. The van der Waals surface area contributed by atoms with Gasteiger partial charge in [-0.1, -0.05) is 40.2 Å². The van der Waals surface area contributed by atoms with Gasteiger partial charge in [0, 0.05) is 9.86 Å². The highest BCUT2D eigenvalue weighted by Gasteiger charge is 2.15. The van der Waals surface area contributed by atoms with Gasteiger partial charge in [-0.25, -0.2) is 9.78 Å².